The third-order valence-electron chi connectivity index (χ3n) is 5.04. The quantitative estimate of drug-likeness (QED) is 0.332. The second-order valence-corrected chi connectivity index (χ2v) is 7.18. The number of nitrogens with zero attached hydrogens (tertiary/aromatic N) is 2. The Bertz CT molecular complexity index is 1180. The van der Waals surface area contributed by atoms with Crippen LogP contribution in [0.25, 0.3) is 45.6 Å². The Morgan fingerprint density at radius 3 is 1.20 bits per heavy atom. The number of hydrogen-bond donors (Lipinski definition) is 0. The molecular weight excluding hydrogens is 372 g/mol. The standard InChI is InChI=1S/C26H20N2O2/c1-17-23(29-25(27-17)21-9-5-3-6-10-21)19-13-15-20(16-14-19)24-18(2)28-26(30-24)22-11-7-4-8-12-22/h3-16H,1-2H3. The van der Waals surface area contributed by atoms with Crippen LogP contribution in [0.1, 0.15) is 11.4 Å². The molecule has 0 saturated heterocycles. The summed E-state index contributed by atoms with van der Waals surface area (Å²) in [4.78, 5) is 9.19. The van der Waals surface area contributed by atoms with Gasteiger partial charge in [-0.1, -0.05) is 60.7 Å². The fraction of sp³-hybridized carbons (Fsp3) is 0.0769. The van der Waals surface area contributed by atoms with Crippen LogP contribution in [0, 0.1) is 13.8 Å². The molecule has 2 aromatic heterocycles. The summed E-state index contributed by atoms with van der Waals surface area (Å²) < 4.78 is 12.1. The monoisotopic (exact) mass is 392 g/mol. The maximum Gasteiger partial charge on any atom is 0.226 e. The van der Waals surface area contributed by atoms with Crippen molar-refractivity contribution in [3.05, 3.63) is 96.3 Å². The fourth-order valence-electron chi connectivity index (χ4n) is 3.51. The molecule has 4 heteroatoms. The van der Waals surface area contributed by atoms with Gasteiger partial charge in [-0.05, 0) is 38.1 Å². The lowest BCUT2D eigenvalue weighted by Crippen LogP contribution is -1.82. The zero-order chi connectivity index (χ0) is 20.5. The Kier molecular flexibility index (Phi) is 4.52. The van der Waals surface area contributed by atoms with Crippen molar-refractivity contribution in [2.45, 2.75) is 13.8 Å². The topological polar surface area (TPSA) is 52.1 Å². The van der Waals surface area contributed by atoms with E-state index in [0.29, 0.717) is 11.8 Å². The largest absolute Gasteiger partial charge is 0.436 e. The van der Waals surface area contributed by atoms with Gasteiger partial charge >= 0.3 is 0 Å². The molecule has 2 heterocycles. The minimum absolute atomic E-state index is 0.630. The molecule has 0 radical (unpaired) electrons. The lowest BCUT2D eigenvalue weighted by atomic mass is 10.1. The van der Waals surface area contributed by atoms with Crippen LogP contribution in [0.2, 0.25) is 0 Å². The smallest absolute Gasteiger partial charge is 0.226 e. The second kappa shape index (κ2) is 7.48. The van der Waals surface area contributed by atoms with Crippen molar-refractivity contribution in [2.75, 3.05) is 0 Å². The van der Waals surface area contributed by atoms with Gasteiger partial charge in [-0.3, -0.25) is 0 Å². The third kappa shape index (κ3) is 3.33. The summed E-state index contributed by atoms with van der Waals surface area (Å²) in [5, 5.41) is 0. The molecule has 30 heavy (non-hydrogen) atoms. The average Bonchev–Trinajstić information content (AvgIpc) is 3.38. The summed E-state index contributed by atoms with van der Waals surface area (Å²) in [6.07, 6.45) is 0. The highest BCUT2D eigenvalue weighted by Gasteiger charge is 2.16. The first-order chi connectivity index (χ1) is 14.7. The van der Waals surface area contributed by atoms with Gasteiger partial charge in [0.2, 0.25) is 11.8 Å². The Morgan fingerprint density at radius 1 is 0.467 bits per heavy atom. The maximum atomic E-state index is 6.07. The first-order valence-corrected chi connectivity index (χ1v) is 9.85. The Morgan fingerprint density at radius 2 is 0.833 bits per heavy atom. The number of rotatable bonds is 4. The van der Waals surface area contributed by atoms with Gasteiger partial charge in [0.05, 0.1) is 11.4 Å². The number of hydrogen-bond acceptors (Lipinski definition) is 4. The molecule has 0 amide bonds. The first-order valence-electron chi connectivity index (χ1n) is 9.85. The summed E-state index contributed by atoms with van der Waals surface area (Å²) in [5.74, 6) is 2.82. The van der Waals surface area contributed by atoms with E-state index in [1.807, 2.05) is 98.8 Å². The fourth-order valence-corrected chi connectivity index (χ4v) is 3.51. The average molecular weight is 392 g/mol. The second-order valence-electron chi connectivity index (χ2n) is 7.18. The summed E-state index contributed by atoms with van der Waals surface area (Å²) in [6, 6.07) is 28.0. The van der Waals surface area contributed by atoms with Crippen LogP contribution in [0.4, 0.5) is 0 Å². The first kappa shape index (κ1) is 18.1. The van der Waals surface area contributed by atoms with Crippen LogP contribution in [-0.2, 0) is 0 Å². The molecule has 0 spiro atoms. The van der Waals surface area contributed by atoms with E-state index < -0.39 is 0 Å². The summed E-state index contributed by atoms with van der Waals surface area (Å²) in [7, 11) is 0. The van der Waals surface area contributed by atoms with Gasteiger partial charge in [0.25, 0.3) is 0 Å². The van der Waals surface area contributed by atoms with Crippen LogP contribution >= 0.6 is 0 Å². The molecule has 0 aliphatic heterocycles. The van der Waals surface area contributed by atoms with Gasteiger partial charge in [-0.2, -0.15) is 0 Å². The van der Waals surface area contributed by atoms with Crippen molar-refractivity contribution in [3.8, 4) is 45.6 Å². The summed E-state index contributed by atoms with van der Waals surface area (Å²) in [5.41, 5.74) is 5.62. The van der Waals surface area contributed by atoms with E-state index in [2.05, 4.69) is 9.97 Å². The van der Waals surface area contributed by atoms with E-state index in [9.17, 15) is 0 Å². The van der Waals surface area contributed by atoms with Gasteiger partial charge in [-0.25, -0.2) is 9.97 Å². The Labute approximate surface area is 174 Å². The molecule has 5 aromatic rings. The van der Waals surface area contributed by atoms with Gasteiger partial charge in [0.15, 0.2) is 11.5 Å². The van der Waals surface area contributed by atoms with Crippen molar-refractivity contribution in [2.24, 2.45) is 0 Å². The highest BCUT2D eigenvalue weighted by molar-refractivity contribution is 5.70. The van der Waals surface area contributed by atoms with E-state index in [0.717, 1.165) is 45.2 Å². The molecule has 0 bridgehead atoms. The minimum atomic E-state index is 0.630. The molecule has 5 rings (SSSR count). The van der Waals surface area contributed by atoms with Crippen LogP contribution < -0.4 is 0 Å². The number of benzene rings is 3. The molecular formula is C26H20N2O2. The van der Waals surface area contributed by atoms with Crippen molar-refractivity contribution in [1.82, 2.24) is 9.97 Å². The van der Waals surface area contributed by atoms with E-state index in [4.69, 9.17) is 8.83 Å². The predicted octanol–water partition coefficient (Wildman–Crippen LogP) is 6.95. The number of aryl methyl sites for hydroxylation is 2. The zero-order valence-electron chi connectivity index (χ0n) is 16.8. The molecule has 0 fully saturated rings. The highest BCUT2D eigenvalue weighted by Crippen LogP contribution is 2.33. The van der Waals surface area contributed by atoms with Crippen molar-refractivity contribution >= 4 is 0 Å². The molecule has 0 N–H and O–H groups in total. The zero-order valence-corrected chi connectivity index (χ0v) is 16.8. The van der Waals surface area contributed by atoms with Crippen molar-refractivity contribution in [3.63, 3.8) is 0 Å². The van der Waals surface area contributed by atoms with Gasteiger partial charge in [0.1, 0.15) is 0 Å². The van der Waals surface area contributed by atoms with Gasteiger partial charge in [-0.15, -0.1) is 0 Å². The maximum absolute atomic E-state index is 6.07. The number of aromatic nitrogens is 2. The predicted molar refractivity (Wildman–Crippen MR) is 118 cm³/mol. The summed E-state index contributed by atoms with van der Waals surface area (Å²) in [6.45, 7) is 3.93. The van der Waals surface area contributed by atoms with Crippen molar-refractivity contribution < 1.29 is 8.83 Å². The van der Waals surface area contributed by atoms with Crippen LogP contribution in [0.15, 0.2) is 93.8 Å². The lowest BCUT2D eigenvalue weighted by Gasteiger charge is -2.02. The molecule has 0 aliphatic carbocycles. The molecule has 0 saturated carbocycles. The number of oxazole rings is 2. The molecule has 146 valence electrons. The Balaban J connectivity index is 1.46. The van der Waals surface area contributed by atoms with Crippen LogP contribution in [0.5, 0.6) is 0 Å². The molecule has 4 nitrogen and oxygen atoms in total. The normalized spacial score (nSPS) is 11.0. The molecule has 0 atom stereocenters. The van der Waals surface area contributed by atoms with Gasteiger partial charge in [0, 0.05) is 22.3 Å². The van der Waals surface area contributed by atoms with Crippen LogP contribution in [0.3, 0.4) is 0 Å². The van der Waals surface area contributed by atoms with E-state index in [1.165, 1.54) is 0 Å². The molecule has 0 unspecified atom stereocenters. The highest BCUT2D eigenvalue weighted by atomic mass is 16.4. The third-order valence-corrected chi connectivity index (χ3v) is 5.04. The molecule has 3 aromatic carbocycles. The SMILES string of the molecule is Cc1nc(-c2ccccc2)oc1-c1ccc(-c2oc(-c3ccccc3)nc2C)cc1. The lowest BCUT2D eigenvalue weighted by molar-refractivity contribution is 0.586. The van der Waals surface area contributed by atoms with E-state index >= 15 is 0 Å². The Hall–Kier alpha value is -3.92. The van der Waals surface area contributed by atoms with E-state index in [-0.39, 0.29) is 0 Å². The van der Waals surface area contributed by atoms with E-state index in [1.54, 1.807) is 0 Å². The minimum Gasteiger partial charge on any atom is -0.436 e. The van der Waals surface area contributed by atoms with Crippen LogP contribution in [-0.4, -0.2) is 9.97 Å². The molecule has 0 aliphatic rings. The van der Waals surface area contributed by atoms with Crippen molar-refractivity contribution in [1.29, 1.82) is 0 Å². The van der Waals surface area contributed by atoms with Gasteiger partial charge < -0.3 is 8.83 Å². The summed E-state index contributed by atoms with van der Waals surface area (Å²) >= 11 is 0.